The van der Waals surface area contributed by atoms with E-state index in [1.165, 1.54) is 18.3 Å². The molecule has 4 rings (SSSR count). The van der Waals surface area contributed by atoms with Crippen molar-refractivity contribution >= 4 is 11.9 Å². The molecule has 0 aliphatic carbocycles. The molecule has 9 nitrogen and oxygen atoms in total. The Labute approximate surface area is 165 Å². The Hall–Kier alpha value is -3.75. The van der Waals surface area contributed by atoms with E-state index in [1.54, 1.807) is 30.0 Å². The number of ether oxygens (including phenoxy) is 1. The number of pyridine rings is 1. The molecule has 148 valence electrons. The minimum atomic E-state index is -1.06. The van der Waals surface area contributed by atoms with Crippen LogP contribution in [-0.2, 0) is 11.3 Å². The molecule has 9 heteroatoms. The van der Waals surface area contributed by atoms with Gasteiger partial charge in [0, 0.05) is 25.1 Å². The molecule has 3 heterocycles. The summed E-state index contributed by atoms with van der Waals surface area (Å²) in [5.74, 6) is 0.621. The highest BCUT2D eigenvalue weighted by Crippen LogP contribution is 2.29. The molecule has 1 saturated heterocycles. The van der Waals surface area contributed by atoms with Crippen molar-refractivity contribution in [2.75, 3.05) is 6.54 Å². The molecule has 1 amide bonds. The maximum atomic E-state index is 12.0. The van der Waals surface area contributed by atoms with E-state index < -0.39 is 5.97 Å². The topological polar surface area (TPSA) is 119 Å². The van der Waals surface area contributed by atoms with Gasteiger partial charge < -0.3 is 19.3 Å². The van der Waals surface area contributed by atoms with Gasteiger partial charge in [-0.2, -0.15) is 4.98 Å². The molecular formula is C20H18N4O5. The Morgan fingerprint density at radius 2 is 2.17 bits per heavy atom. The van der Waals surface area contributed by atoms with Crippen LogP contribution in [0.5, 0.6) is 11.5 Å². The van der Waals surface area contributed by atoms with Gasteiger partial charge in [0.05, 0.1) is 11.8 Å². The molecule has 1 N–H and O–H groups in total. The van der Waals surface area contributed by atoms with Crippen molar-refractivity contribution in [3.63, 3.8) is 0 Å². The van der Waals surface area contributed by atoms with Crippen LogP contribution in [-0.4, -0.2) is 43.6 Å². The van der Waals surface area contributed by atoms with Crippen molar-refractivity contribution in [2.24, 2.45) is 0 Å². The van der Waals surface area contributed by atoms with E-state index in [0.717, 1.165) is 12.0 Å². The van der Waals surface area contributed by atoms with Crippen LogP contribution in [0.4, 0.5) is 0 Å². The Morgan fingerprint density at radius 1 is 1.31 bits per heavy atom. The summed E-state index contributed by atoms with van der Waals surface area (Å²) in [5.41, 5.74) is 1.32. The Balaban J connectivity index is 1.59. The second kappa shape index (κ2) is 7.70. The highest BCUT2D eigenvalue weighted by atomic mass is 16.5. The standard InChI is InChI=1S/C20H18N4O5/c1-12-22-19(29-23-12)16-7-6-15(10-21-16)28-17-9-13(20(26)27)4-5-14(17)11-24-8-2-3-18(24)25/h4-7,9-10H,2-3,8,11H2,1H3,(H,26,27). The number of likely N-dealkylation sites (tertiary alicyclic amines) is 1. The van der Waals surface area contributed by atoms with Gasteiger partial charge in [-0.1, -0.05) is 11.2 Å². The molecule has 0 spiro atoms. The monoisotopic (exact) mass is 394 g/mol. The van der Waals surface area contributed by atoms with Crippen LogP contribution in [0, 0.1) is 6.92 Å². The Kier molecular flexibility index (Phi) is 4.94. The average molecular weight is 394 g/mol. The van der Waals surface area contributed by atoms with Gasteiger partial charge in [-0.15, -0.1) is 0 Å². The minimum absolute atomic E-state index is 0.0825. The molecule has 0 atom stereocenters. The lowest BCUT2D eigenvalue weighted by atomic mass is 10.1. The van der Waals surface area contributed by atoms with Gasteiger partial charge in [0.25, 0.3) is 5.89 Å². The van der Waals surface area contributed by atoms with Gasteiger partial charge in [-0.3, -0.25) is 4.79 Å². The Morgan fingerprint density at radius 3 is 2.79 bits per heavy atom. The van der Waals surface area contributed by atoms with Crippen molar-refractivity contribution in [1.82, 2.24) is 20.0 Å². The third kappa shape index (κ3) is 4.08. The lowest BCUT2D eigenvalue weighted by molar-refractivity contribution is -0.128. The number of carbonyl (C=O) groups is 2. The second-order valence-corrected chi connectivity index (χ2v) is 6.67. The number of carbonyl (C=O) groups excluding carboxylic acids is 1. The summed E-state index contributed by atoms with van der Waals surface area (Å²) >= 11 is 0. The van der Waals surface area contributed by atoms with Gasteiger partial charge in [0.1, 0.15) is 17.2 Å². The summed E-state index contributed by atoms with van der Waals surface area (Å²) in [6.45, 7) is 2.76. The highest BCUT2D eigenvalue weighted by molar-refractivity contribution is 5.88. The normalized spacial score (nSPS) is 13.7. The average Bonchev–Trinajstić information content (AvgIpc) is 3.32. The lowest BCUT2D eigenvalue weighted by Crippen LogP contribution is -2.24. The van der Waals surface area contributed by atoms with Crippen LogP contribution in [0.15, 0.2) is 41.1 Å². The zero-order chi connectivity index (χ0) is 20.4. The molecule has 1 aromatic carbocycles. The molecule has 0 saturated carbocycles. The van der Waals surface area contributed by atoms with E-state index in [-0.39, 0.29) is 11.5 Å². The van der Waals surface area contributed by atoms with E-state index in [4.69, 9.17) is 9.26 Å². The largest absolute Gasteiger partial charge is 0.478 e. The second-order valence-electron chi connectivity index (χ2n) is 6.67. The third-order valence-corrected chi connectivity index (χ3v) is 4.56. The number of aryl methyl sites for hydroxylation is 1. The maximum absolute atomic E-state index is 12.0. The zero-order valence-electron chi connectivity index (χ0n) is 15.7. The van der Waals surface area contributed by atoms with Crippen LogP contribution >= 0.6 is 0 Å². The molecule has 0 bridgehead atoms. The molecule has 3 aromatic rings. The number of nitrogens with zero attached hydrogens (tertiary/aromatic N) is 4. The number of hydrogen-bond donors (Lipinski definition) is 1. The van der Waals surface area contributed by atoms with Crippen molar-refractivity contribution in [3.8, 4) is 23.1 Å². The smallest absolute Gasteiger partial charge is 0.335 e. The molecule has 0 radical (unpaired) electrons. The van der Waals surface area contributed by atoms with Gasteiger partial charge in [0.15, 0.2) is 5.82 Å². The number of carboxylic acid groups (broad SMARTS) is 1. The summed E-state index contributed by atoms with van der Waals surface area (Å²) in [7, 11) is 0. The van der Waals surface area contributed by atoms with Crippen molar-refractivity contribution in [1.29, 1.82) is 0 Å². The predicted molar refractivity (Wildman–Crippen MR) is 100 cm³/mol. The molecule has 29 heavy (non-hydrogen) atoms. The summed E-state index contributed by atoms with van der Waals surface area (Å²) in [6.07, 6.45) is 2.85. The number of carboxylic acids is 1. The number of benzene rings is 1. The van der Waals surface area contributed by atoms with Crippen LogP contribution in [0.25, 0.3) is 11.6 Å². The van der Waals surface area contributed by atoms with Crippen LogP contribution in [0.3, 0.4) is 0 Å². The SMILES string of the molecule is Cc1noc(-c2ccc(Oc3cc(C(=O)O)ccc3CN3CCCC3=O)cn2)n1. The Bertz CT molecular complexity index is 1060. The van der Waals surface area contributed by atoms with E-state index in [9.17, 15) is 14.7 Å². The fourth-order valence-electron chi connectivity index (χ4n) is 3.09. The molecule has 0 unspecified atom stereocenters. The zero-order valence-corrected chi connectivity index (χ0v) is 15.7. The molecule has 2 aromatic heterocycles. The van der Waals surface area contributed by atoms with Crippen LogP contribution < -0.4 is 4.74 Å². The first-order valence-corrected chi connectivity index (χ1v) is 9.08. The quantitative estimate of drug-likeness (QED) is 0.678. The van der Waals surface area contributed by atoms with Gasteiger partial charge in [-0.25, -0.2) is 9.78 Å². The first-order chi connectivity index (χ1) is 14.0. The van der Waals surface area contributed by atoms with E-state index >= 15 is 0 Å². The number of aromatic nitrogens is 3. The number of amides is 1. The van der Waals surface area contributed by atoms with E-state index in [2.05, 4.69) is 15.1 Å². The van der Waals surface area contributed by atoms with Crippen molar-refractivity contribution < 1.29 is 24.0 Å². The fraction of sp³-hybridized carbons (Fsp3) is 0.250. The van der Waals surface area contributed by atoms with Gasteiger partial charge in [0.2, 0.25) is 5.91 Å². The van der Waals surface area contributed by atoms with Crippen LogP contribution in [0.1, 0.15) is 34.6 Å². The minimum Gasteiger partial charge on any atom is -0.478 e. The number of hydrogen-bond acceptors (Lipinski definition) is 7. The third-order valence-electron chi connectivity index (χ3n) is 4.56. The summed E-state index contributed by atoms with van der Waals surface area (Å²) in [6, 6.07) is 7.98. The predicted octanol–water partition coefficient (Wildman–Crippen LogP) is 3.05. The molecule has 1 fully saturated rings. The maximum Gasteiger partial charge on any atom is 0.335 e. The fourth-order valence-corrected chi connectivity index (χ4v) is 3.09. The van der Waals surface area contributed by atoms with Gasteiger partial charge in [-0.05, 0) is 37.6 Å². The summed E-state index contributed by atoms with van der Waals surface area (Å²) < 4.78 is 11.0. The highest BCUT2D eigenvalue weighted by Gasteiger charge is 2.22. The van der Waals surface area contributed by atoms with Crippen LogP contribution in [0.2, 0.25) is 0 Å². The van der Waals surface area contributed by atoms with Crippen molar-refractivity contribution in [3.05, 3.63) is 53.5 Å². The van der Waals surface area contributed by atoms with Gasteiger partial charge >= 0.3 is 5.97 Å². The van der Waals surface area contributed by atoms with E-state index in [1.807, 2.05) is 0 Å². The lowest BCUT2D eigenvalue weighted by Gasteiger charge is -2.18. The van der Waals surface area contributed by atoms with Crippen molar-refractivity contribution in [2.45, 2.75) is 26.3 Å². The number of aromatic carboxylic acids is 1. The first-order valence-electron chi connectivity index (χ1n) is 9.08. The summed E-state index contributed by atoms with van der Waals surface area (Å²) in [4.78, 5) is 33.4. The first kappa shape index (κ1) is 18.6. The molecule has 1 aliphatic rings. The molecule has 1 aliphatic heterocycles. The number of rotatable bonds is 6. The molecular weight excluding hydrogens is 376 g/mol. The summed E-state index contributed by atoms with van der Waals surface area (Å²) in [5, 5.41) is 13.0. The van der Waals surface area contributed by atoms with E-state index in [0.29, 0.717) is 48.4 Å².